The fraction of sp³-hybridized carbons (Fsp3) is 0.818. The lowest BCUT2D eigenvalue weighted by Gasteiger charge is -2.33. The highest BCUT2D eigenvalue weighted by molar-refractivity contribution is 5.84. The van der Waals surface area contributed by atoms with Gasteiger partial charge < -0.3 is 19.5 Å². The first-order valence-electron chi connectivity index (χ1n) is 5.90. The number of carbonyl (C=O) groups is 2. The molecule has 2 heterocycles. The summed E-state index contributed by atoms with van der Waals surface area (Å²) in [5, 5.41) is 9.01. The van der Waals surface area contributed by atoms with Crippen molar-refractivity contribution >= 4 is 11.9 Å². The molecule has 6 nitrogen and oxygen atoms in total. The number of hydrogen-bond donors (Lipinski definition) is 1. The highest BCUT2D eigenvalue weighted by Gasteiger charge is 2.34. The van der Waals surface area contributed by atoms with E-state index in [0.717, 1.165) is 12.8 Å². The molecule has 0 aliphatic carbocycles. The minimum Gasteiger partial charge on any atom is -0.480 e. The van der Waals surface area contributed by atoms with Crippen LogP contribution >= 0.6 is 0 Å². The van der Waals surface area contributed by atoms with Crippen molar-refractivity contribution in [1.29, 1.82) is 0 Å². The Morgan fingerprint density at radius 3 is 2.82 bits per heavy atom. The Kier molecular flexibility index (Phi) is 3.96. The number of carboxylic acid groups (broad SMARTS) is 1. The summed E-state index contributed by atoms with van der Waals surface area (Å²) in [6.45, 7) is 1.53. The molecule has 2 fully saturated rings. The van der Waals surface area contributed by atoms with Crippen molar-refractivity contribution in [2.45, 2.75) is 31.4 Å². The van der Waals surface area contributed by atoms with Crippen LogP contribution in [0.5, 0.6) is 0 Å². The Morgan fingerprint density at radius 2 is 2.18 bits per heavy atom. The molecule has 0 spiro atoms. The Hall–Kier alpha value is -1.14. The number of rotatable bonds is 3. The van der Waals surface area contributed by atoms with Crippen molar-refractivity contribution in [3.05, 3.63) is 0 Å². The van der Waals surface area contributed by atoms with E-state index in [1.165, 1.54) is 4.90 Å². The topological polar surface area (TPSA) is 76.1 Å². The van der Waals surface area contributed by atoms with Crippen molar-refractivity contribution in [2.75, 3.05) is 26.4 Å². The number of morpholine rings is 1. The normalized spacial score (nSPS) is 29.3. The molecule has 0 radical (unpaired) electrons. The van der Waals surface area contributed by atoms with Gasteiger partial charge in [-0.05, 0) is 12.8 Å². The van der Waals surface area contributed by atoms with Gasteiger partial charge in [-0.15, -0.1) is 0 Å². The van der Waals surface area contributed by atoms with E-state index >= 15 is 0 Å². The van der Waals surface area contributed by atoms with Gasteiger partial charge in [0.2, 0.25) is 5.91 Å². The smallest absolute Gasteiger partial charge is 0.328 e. The van der Waals surface area contributed by atoms with Crippen molar-refractivity contribution < 1.29 is 24.2 Å². The van der Waals surface area contributed by atoms with Crippen LogP contribution in [0.25, 0.3) is 0 Å². The first-order valence-corrected chi connectivity index (χ1v) is 5.90. The molecule has 0 aromatic carbocycles. The third-order valence-electron chi connectivity index (χ3n) is 3.16. The number of carbonyl (C=O) groups excluding carboxylic acids is 1. The number of hydrogen-bond acceptors (Lipinski definition) is 4. The minimum absolute atomic E-state index is 0.0419. The maximum Gasteiger partial charge on any atom is 0.328 e. The van der Waals surface area contributed by atoms with E-state index in [2.05, 4.69) is 0 Å². The Labute approximate surface area is 99.5 Å². The molecule has 2 atom stereocenters. The van der Waals surface area contributed by atoms with Crippen molar-refractivity contribution in [3.63, 3.8) is 0 Å². The second-order valence-electron chi connectivity index (χ2n) is 4.36. The molecule has 1 amide bonds. The summed E-state index contributed by atoms with van der Waals surface area (Å²) < 4.78 is 10.5. The summed E-state index contributed by atoms with van der Waals surface area (Å²) in [5.41, 5.74) is 0. The van der Waals surface area contributed by atoms with Gasteiger partial charge in [0.25, 0.3) is 0 Å². The summed E-state index contributed by atoms with van der Waals surface area (Å²) in [6, 6.07) is -0.849. The molecule has 17 heavy (non-hydrogen) atoms. The second-order valence-corrected chi connectivity index (χ2v) is 4.36. The van der Waals surface area contributed by atoms with Gasteiger partial charge in [0.05, 0.1) is 25.7 Å². The van der Waals surface area contributed by atoms with E-state index < -0.39 is 12.0 Å². The lowest BCUT2D eigenvalue weighted by molar-refractivity contribution is -0.159. The second kappa shape index (κ2) is 5.46. The summed E-state index contributed by atoms with van der Waals surface area (Å²) >= 11 is 0. The number of nitrogens with zero attached hydrogens (tertiary/aromatic N) is 1. The van der Waals surface area contributed by atoms with Gasteiger partial charge in [-0.2, -0.15) is 0 Å². The van der Waals surface area contributed by atoms with Gasteiger partial charge in [0.1, 0.15) is 0 Å². The molecule has 0 unspecified atom stereocenters. The number of aliphatic carboxylic acids is 1. The molecular formula is C11H17NO5. The first-order chi connectivity index (χ1) is 8.18. The lowest BCUT2D eigenvalue weighted by Crippen LogP contribution is -2.53. The Morgan fingerprint density at radius 1 is 1.35 bits per heavy atom. The molecular weight excluding hydrogens is 226 g/mol. The van der Waals surface area contributed by atoms with Crippen LogP contribution in [0.15, 0.2) is 0 Å². The first kappa shape index (κ1) is 12.3. The molecule has 6 heteroatoms. The molecule has 0 bridgehead atoms. The highest BCUT2D eigenvalue weighted by atomic mass is 16.5. The highest BCUT2D eigenvalue weighted by Crippen LogP contribution is 2.18. The maximum absolute atomic E-state index is 12.0. The average molecular weight is 243 g/mol. The third-order valence-corrected chi connectivity index (χ3v) is 3.16. The predicted molar refractivity (Wildman–Crippen MR) is 57.5 cm³/mol. The van der Waals surface area contributed by atoms with Gasteiger partial charge in [0, 0.05) is 13.2 Å². The zero-order chi connectivity index (χ0) is 12.3. The number of carboxylic acids is 1. The van der Waals surface area contributed by atoms with E-state index in [9.17, 15) is 9.59 Å². The number of ether oxygens (including phenoxy) is 2. The van der Waals surface area contributed by atoms with Gasteiger partial charge in [-0.25, -0.2) is 4.79 Å². The van der Waals surface area contributed by atoms with E-state index in [1.54, 1.807) is 0 Å². The molecule has 1 N–H and O–H groups in total. The van der Waals surface area contributed by atoms with Crippen LogP contribution in [0.4, 0.5) is 0 Å². The lowest BCUT2D eigenvalue weighted by atomic mass is 10.1. The number of amides is 1. The molecule has 0 aromatic heterocycles. The zero-order valence-electron chi connectivity index (χ0n) is 9.63. The van der Waals surface area contributed by atoms with E-state index in [0.29, 0.717) is 19.8 Å². The summed E-state index contributed by atoms with van der Waals surface area (Å²) in [4.78, 5) is 24.4. The van der Waals surface area contributed by atoms with E-state index in [4.69, 9.17) is 14.6 Å². The van der Waals surface area contributed by atoms with Crippen LogP contribution in [0.3, 0.4) is 0 Å². The van der Waals surface area contributed by atoms with Crippen LogP contribution < -0.4 is 0 Å². The molecule has 2 aliphatic rings. The molecule has 2 rings (SSSR count). The molecule has 0 saturated carbocycles. The predicted octanol–water partition coefficient (Wildman–Crippen LogP) is -0.133. The van der Waals surface area contributed by atoms with Gasteiger partial charge in [-0.3, -0.25) is 4.79 Å². The quantitative estimate of drug-likeness (QED) is 0.747. The van der Waals surface area contributed by atoms with Crippen LogP contribution in [-0.4, -0.2) is 60.4 Å². The van der Waals surface area contributed by atoms with Crippen molar-refractivity contribution in [3.8, 4) is 0 Å². The standard InChI is InChI=1S/C11H17NO5/c13-10(6-8-2-1-4-17-8)12-3-5-16-7-9(12)11(14)15/h8-9H,1-7H2,(H,14,15)/t8-,9-/m0/s1. The van der Waals surface area contributed by atoms with Gasteiger partial charge >= 0.3 is 5.97 Å². The summed E-state index contributed by atoms with van der Waals surface area (Å²) in [5.74, 6) is -1.15. The molecule has 96 valence electrons. The fourth-order valence-corrected chi connectivity index (χ4v) is 2.22. The third kappa shape index (κ3) is 2.95. The summed E-state index contributed by atoms with van der Waals surface area (Å²) in [7, 11) is 0. The monoisotopic (exact) mass is 243 g/mol. The zero-order valence-corrected chi connectivity index (χ0v) is 9.63. The molecule has 2 aliphatic heterocycles. The van der Waals surface area contributed by atoms with Crippen LogP contribution in [0.1, 0.15) is 19.3 Å². The molecule has 2 saturated heterocycles. The van der Waals surface area contributed by atoms with Gasteiger partial charge in [0.15, 0.2) is 6.04 Å². The van der Waals surface area contributed by atoms with E-state index in [1.807, 2.05) is 0 Å². The Balaban J connectivity index is 1.93. The fourth-order valence-electron chi connectivity index (χ4n) is 2.22. The van der Waals surface area contributed by atoms with E-state index in [-0.39, 0.29) is 25.0 Å². The maximum atomic E-state index is 12.0. The van der Waals surface area contributed by atoms with Gasteiger partial charge in [-0.1, -0.05) is 0 Å². The minimum atomic E-state index is -1.01. The van der Waals surface area contributed by atoms with Crippen molar-refractivity contribution in [1.82, 2.24) is 4.90 Å². The SMILES string of the molecule is O=C(O)[C@@H]1COCCN1C(=O)C[C@@H]1CCCO1. The van der Waals surface area contributed by atoms with Crippen LogP contribution in [0, 0.1) is 0 Å². The van der Waals surface area contributed by atoms with Crippen LogP contribution in [0.2, 0.25) is 0 Å². The van der Waals surface area contributed by atoms with Crippen molar-refractivity contribution in [2.24, 2.45) is 0 Å². The average Bonchev–Trinajstić information content (AvgIpc) is 2.81. The summed E-state index contributed by atoms with van der Waals surface area (Å²) in [6.07, 6.45) is 2.10. The Bertz CT molecular complexity index is 300. The molecule has 0 aromatic rings. The van der Waals surface area contributed by atoms with Crippen LogP contribution in [-0.2, 0) is 19.1 Å². The largest absolute Gasteiger partial charge is 0.480 e.